The molecule has 2 aromatic heterocycles. The van der Waals surface area contributed by atoms with Crippen LogP contribution in [0.5, 0.6) is 0 Å². The van der Waals surface area contributed by atoms with Gasteiger partial charge in [0.05, 0.1) is 22.9 Å². The number of carbonyl (C=O) groups is 3. The highest BCUT2D eigenvalue weighted by atomic mass is 16.2. The number of nitrogens with zero attached hydrogens (tertiary/aromatic N) is 5. The minimum Gasteiger partial charge on any atom is -0.355 e. The average Bonchev–Trinajstić information content (AvgIpc) is 3.70. The molecular formula is C27H26N6O3. The number of amides is 3. The average molecular weight is 483 g/mol. The van der Waals surface area contributed by atoms with Gasteiger partial charge in [-0.15, -0.1) is 0 Å². The van der Waals surface area contributed by atoms with Crippen molar-refractivity contribution in [2.45, 2.75) is 37.9 Å². The molecule has 1 N–H and O–H groups in total. The van der Waals surface area contributed by atoms with Crippen molar-refractivity contribution in [3.63, 3.8) is 0 Å². The fourth-order valence-electron chi connectivity index (χ4n) is 5.40. The molecule has 36 heavy (non-hydrogen) atoms. The molecule has 2 aliphatic heterocycles. The van der Waals surface area contributed by atoms with Crippen molar-refractivity contribution in [2.75, 3.05) is 28.8 Å². The SMILES string of the molecule is CNC(=O)c1cccc2c1C(=O)N(c1ccc3c(n1)N(C1CC1)C(C)C(=O)N3C)C2c1cccnc1. The third kappa shape index (κ3) is 3.19. The first-order valence-electron chi connectivity index (χ1n) is 12.1. The van der Waals surface area contributed by atoms with Gasteiger partial charge in [0.1, 0.15) is 11.9 Å². The van der Waals surface area contributed by atoms with Gasteiger partial charge in [-0.1, -0.05) is 18.2 Å². The summed E-state index contributed by atoms with van der Waals surface area (Å²) in [7, 11) is 3.31. The number of hydrogen-bond acceptors (Lipinski definition) is 6. The molecule has 3 aromatic rings. The molecular weight excluding hydrogens is 456 g/mol. The Bertz CT molecular complexity index is 1400. The first-order chi connectivity index (χ1) is 17.4. The number of fused-ring (bicyclic) bond motifs is 2. The van der Waals surface area contributed by atoms with E-state index in [1.54, 1.807) is 54.5 Å². The first-order valence-corrected chi connectivity index (χ1v) is 12.1. The third-order valence-electron chi connectivity index (χ3n) is 7.29. The van der Waals surface area contributed by atoms with E-state index in [4.69, 9.17) is 4.98 Å². The number of benzene rings is 1. The van der Waals surface area contributed by atoms with Crippen LogP contribution in [0.4, 0.5) is 17.3 Å². The standard InChI is InChI=1S/C27H26N6O3/c1-15-26(35)31(3)20-11-12-21(30-24(20)32(15)17-9-10-17)33-23(16-6-5-13-29-14-16)18-7-4-8-19(25(34)28-2)22(18)27(33)36/h4-8,11-15,17,23H,9-10H2,1-3H3,(H,28,34). The van der Waals surface area contributed by atoms with Crippen molar-refractivity contribution in [2.24, 2.45) is 0 Å². The maximum Gasteiger partial charge on any atom is 0.261 e. The van der Waals surface area contributed by atoms with E-state index >= 15 is 0 Å². The zero-order valence-corrected chi connectivity index (χ0v) is 20.3. The van der Waals surface area contributed by atoms with Crippen LogP contribution in [0.15, 0.2) is 54.9 Å². The fraction of sp³-hybridized carbons (Fsp3) is 0.296. The van der Waals surface area contributed by atoms with Crippen molar-refractivity contribution in [1.82, 2.24) is 15.3 Å². The van der Waals surface area contributed by atoms with Crippen molar-refractivity contribution in [3.05, 3.63) is 77.1 Å². The molecule has 1 aliphatic carbocycles. The highest BCUT2D eigenvalue weighted by Gasteiger charge is 2.45. The lowest BCUT2D eigenvalue weighted by atomic mass is 9.95. The van der Waals surface area contributed by atoms with Crippen LogP contribution in [0.2, 0.25) is 0 Å². The number of hydrogen-bond donors (Lipinski definition) is 1. The molecule has 0 bridgehead atoms. The molecule has 6 rings (SSSR count). The van der Waals surface area contributed by atoms with Crippen LogP contribution in [0.3, 0.4) is 0 Å². The predicted molar refractivity (Wildman–Crippen MR) is 135 cm³/mol. The topological polar surface area (TPSA) is 98.7 Å². The van der Waals surface area contributed by atoms with Gasteiger partial charge >= 0.3 is 0 Å². The quantitative estimate of drug-likeness (QED) is 0.614. The van der Waals surface area contributed by atoms with Gasteiger partial charge in [-0.25, -0.2) is 4.98 Å². The summed E-state index contributed by atoms with van der Waals surface area (Å²) in [6.07, 6.45) is 5.44. The number of likely N-dealkylation sites (N-methyl/N-ethyl adjacent to an activating group) is 1. The molecule has 1 aromatic carbocycles. The van der Waals surface area contributed by atoms with Crippen molar-refractivity contribution < 1.29 is 14.4 Å². The first kappa shape index (κ1) is 22.2. The molecule has 0 radical (unpaired) electrons. The molecule has 1 fully saturated rings. The Morgan fingerprint density at radius 3 is 2.58 bits per heavy atom. The summed E-state index contributed by atoms with van der Waals surface area (Å²) >= 11 is 0. The molecule has 9 nitrogen and oxygen atoms in total. The van der Waals surface area contributed by atoms with Crippen LogP contribution in [-0.4, -0.2) is 53.9 Å². The third-order valence-corrected chi connectivity index (χ3v) is 7.29. The van der Waals surface area contributed by atoms with Crippen LogP contribution in [0, 0.1) is 0 Å². The Morgan fingerprint density at radius 1 is 1.08 bits per heavy atom. The second-order valence-electron chi connectivity index (χ2n) is 9.44. The molecule has 3 aliphatic rings. The van der Waals surface area contributed by atoms with Crippen molar-refractivity contribution >= 4 is 35.0 Å². The van der Waals surface area contributed by atoms with Gasteiger partial charge in [-0.05, 0) is 55.2 Å². The van der Waals surface area contributed by atoms with E-state index in [2.05, 4.69) is 15.2 Å². The van der Waals surface area contributed by atoms with E-state index in [9.17, 15) is 14.4 Å². The Morgan fingerprint density at radius 2 is 1.89 bits per heavy atom. The summed E-state index contributed by atoms with van der Waals surface area (Å²) in [4.78, 5) is 54.2. The number of carbonyl (C=O) groups excluding carboxylic acids is 3. The summed E-state index contributed by atoms with van der Waals surface area (Å²) in [6, 6.07) is 12.1. The summed E-state index contributed by atoms with van der Waals surface area (Å²) in [5.74, 6) is 0.574. The van der Waals surface area contributed by atoms with E-state index < -0.39 is 6.04 Å². The van der Waals surface area contributed by atoms with E-state index in [0.29, 0.717) is 22.8 Å². The molecule has 2 unspecified atom stereocenters. The number of aromatic nitrogens is 2. The molecule has 182 valence electrons. The van der Waals surface area contributed by atoms with Gasteiger partial charge < -0.3 is 15.1 Å². The normalized spacial score (nSPS) is 20.9. The highest BCUT2D eigenvalue weighted by molar-refractivity contribution is 6.17. The van der Waals surface area contributed by atoms with E-state index in [1.165, 1.54) is 0 Å². The maximum atomic E-state index is 14.0. The Balaban J connectivity index is 1.53. The Labute approximate surface area is 208 Å². The van der Waals surface area contributed by atoms with Crippen LogP contribution in [0.1, 0.15) is 57.7 Å². The van der Waals surface area contributed by atoms with Crippen LogP contribution in [-0.2, 0) is 4.79 Å². The number of pyridine rings is 2. The van der Waals surface area contributed by atoms with E-state index in [0.717, 1.165) is 29.7 Å². The summed E-state index contributed by atoms with van der Waals surface area (Å²) in [6.45, 7) is 1.90. The van der Waals surface area contributed by atoms with Crippen molar-refractivity contribution in [3.8, 4) is 0 Å². The highest BCUT2D eigenvalue weighted by Crippen LogP contribution is 2.46. The van der Waals surface area contributed by atoms with Gasteiger partial charge in [-0.3, -0.25) is 24.3 Å². The summed E-state index contributed by atoms with van der Waals surface area (Å²) < 4.78 is 0. The number of rotatable bonds is 4. The summed E-state index contributed by atoms with van der Waals surface area (Å²) in [5, 5.41) is 2.64. The molecule has 9 heteroatoms. The molecule has 1 saturated carbocycles. The minimum absolute atomic E-state index is 0.0251. The smallest absolute Gasteiger partial charge is 0.261 e. The maximum absolute atomic E-state index is 14.0. The van der Waals surface area contributed by atoms with Crippen LogP contribution < -0.4 is 20.0 Å². The molecule has 0 saturated heterocycles. The minimum atomic E-state index is -0.494. The van der Waals surface area contributed by atoms with Crippen molar-refractivity contribution in [1.29, 1.82) is 0 Å². The van der Waals surface area contributed by atoms with Gasteiger partial charge in [0.15, 0.2) is 5.82 Å². The second kappa shape index (κ2) is 8.15. The largest absolute Gasteiger partial charge is 0.355 e. The van der Waals surface area contributed by atoms with Crippen LogP contribution >= 0.6 is 0 Å². The lowest BCUT2D eigenvalue weighted by Gasteiger charge is -2.40. The van der Waals surface area contributed by atoms with Gasteiger partial charge in [0.2, 0.25) is 5.91 Å². The lowest BCUT2D eigenvalue weighted by molar-refractivity contribution is -0.119. The summed E-state index contributed by atoms with van der Waals surface area (Å²) in [5.41, 5.74) is 2.96. The monoisotopic (exact) mass is 482 g/mol. The number of anilines is 3. The zero-order valence-electron chi connectivity index (χ0n) is 20.3. The van der Waals surface area contributed by atoms with E-state index in [1.807, 2.05) is 31.2 Å². The Kier molecular flexibility index (Phi) is 5.03. The van der Waals surface area contributed by atoms with Crippen LogP contribution in [0.25, 0.3) is 0 Å². The van der Waals surface area contributed by atoms with Gasteiger partial charge in [0, 0.05) is 32.5 Å². The van der Waals surface area contributed by atoms with E-state index in [-0.39, 0.29) is 29.8 Å². The molecule has 3 amide bonds. The lowest BCUT2D eigenvalue weighted by Crippen LogP contribution is -2.52. The second-order valence-corrected chi connectivity index (χ2v) is 9.44. The Hall–Kier alpha value is -4.27. The number of nitrogens with one attached hydrogen (secondary N) is 1. The molecule has 4 heterocycles. The van der Waals surface area contributed by atoms with Gasteiger partial charge in [-0.2, -0.15) is 0 Å². The zero-order chi connectivity index (χ0) is 25.1. The molecule has 2 atom stereocenters. The fourth-order valence-corrected chi connectivity index (χ4v) is 5.40. The van der Waals surface area contributed by atoms with Gasteiger partial charge in [0.25, 0.3) is 11.8 Å². The molecule has 0 spiro atoms. The predicted octanol–water partition coefficient (Wildman–Crippen LogP) is 2.92.